The fraction of sp³-hybridized carbons (Fsp3) is 0.319. The summed E-state index contributed by atoms with van der Waals surface area (Å²) in [6, 6.07) is 29.6. The topological polar surface area (TPSA) is 158 Å². The van der Waals surface area contributed by atoms with Crippen molar-refractivity contribution >= 4 is 90.8 Å². The Morgan fingerprint density at radius 3 is 1.84 bits per heavy atom. The number of hydrogen-bond acceptors (Lipinski definition) is 11. The van der Waals surface area contributed by atoms with E-state index in [4.69, 9.17) is 32.8 Å². The Bertz CT molecular complexity index is 2520. The van der Waals surface area contributed by atoms with Gasteiger partial charge in [-0.3, -0.25) is 34.6 Å². The Hall–Kier alpha value is -5.68. The maximum Gasteiger partial charge on any atom is 0.413 e. The minimum Gasteiger partial charge on any atom is -0.447 e. The molecule has 14 nitrogen and oxygen atoms in total. The Morgan fingerprint density at radius 2 is 1.30 bits per heavy atom. The molecule has 17 heteroatoms. The number of benzene rings is 4. The standard InChI is InChI=1S/C24H27ClN4O3.C23H27ClN4O3S/c1-17(2)23(29(18(3)31)27-14-21-10-6-7-11-22(21)25)15-32-28(16-30)24-12-19-8-4-5-9-20(19)13-26-24;1-14(2)20(28(16(4)29)25-12-17-7-5-6-8-18(17)24)13-31-23(30)27-22-26-19-10-9-15(3)11-21(19)32-22/h4-13,16-17,23,27H,14-15H2,1-3H3;5-11,14,20,25H,12-13H2,1-4H3,(H,26,27,30)/t23-;20-/m11/s1. The van der Waals surface area contributed by atoms with Crippen molar-refractivity contribution < 1.29 is 28.8 Å². The van der Waals surface area contributed by atoms with Crippen molar-refractivity contribution in [1.82, 2.24) is 30.8 Å². The number of aromatic nitrogens is 2. The first-order valence-corrected chi connectivity index (χ1v) is 22.3. The van der Waals surface area contributed by atoms with Crippen LogP contribution in [-0.4, -0.2) is 69.6 Å². The predicted octanol–water partition coefficient (Wildman–Crippen LogP) is 9.75. The normalized spacial score (nSPS) is 12.0. The van der Waals surface area contributed by atoms with Gasteiger partial charge in [0.05, 0.1) is 28.9 Å². The number of hydrogen-bond donors (Lipinski definition) is 3. The van der Waals surface area contributed by atoms with Crippen LogP contribution in [0.25, 0.3) is 21.0 Å². The highest BCUT2D eigenvalue weighted by molar-refractivity contribution is 7.22. The molecule has 0 spiro atoms. The minimum atomic E-state index is -0.610. The van der Waals surface area contributed by atoms with E-state index in [0.717, 1.165) is 42.7 Å². The molecule has 0 saturated carbocycles. The molecule has 0 fully saturated rings. The number of pyridine rings is 1. The summed E-state index contributed by atoms with van der Waals surface area (Å²) in [6.45, 7) is 13.8. The minimum absolute atomic E-state index is 0.0304. The average Bonchev–Trinajstić information content (AvgIpc) is 3.66. The summed E-state index contributed by atoms with van der Waals surface area (Å²) >= 11 is 13.8. The van der Waals surface area contributed by atoms with E-state index in [-0.39, 0.29) is 48.9 Å². The molecule has 3 N–H and O–H groups in total. The second-order valence-corrected chi connectivity index (χ2v) is 17.4. The van der Waals surface area contributed by atoms with Gasteiger partial charge in [0.2, 0.25) is 18.2 Å². The molecule has 0 aliphatic rings. The monoisotopic (exact) mass is 928 g/mol. The predicted molar refractivity (Wildman–Crippen MR) is 254 cm³/mol. The van der Waals surface area contributed by atoms with E-state index in [0.29, 0.717) is 40.5 Å². The molecule has 0 unspecified atom stereocenters. The van der Waals surface area contributed by atoms with Gasteiger partial charge in [-0.2, -0.15) is 5.06 Å². The van der Waals surface area contributed by atoms with Gasteiger partial charge in [0.25, 0.3) is 0 Å². The van der Waals surface area contributed by atoms with E-state index in [2.05, 4.69) is 26.1 Å². The second kappa shape index (κ2) is 23.8. The number of anilines is 2. The quantitative estimate of drug-likeness (QED) is 0.0560. The molecule has 4 aromatic carbocycles. The van der Waals surface area contributed by atoms with E-state index >= 15 is 0 Å². The number of aryl methyl sites for hydroxylation is 1. The van der Waals surface area contributed by atoms with Crippen molar-refractivity contribution in [3.05, 3.63) is 130 Å². The largest absolute Gasteiger partial charge is 0.447 e. The van der Waals surface area contributed by atoms with Crippen LogP contribution in [-0.2, 0) is 37.0 Å². The van der Waals surface area contributed by atoms with Gasteiger partial charge in [-0.15, -0.1) is 0 Å². The van der Waals surface area contributed by atoms with Gasteiger partial charge >= 0.3 is 6.09 Å². The molecule has 64 heavy (non-hydrogen) atoms. The highest BCUT2D eigenvalue weighted by Crippen LogP contribution is 2.27. The zero-order valence-electron chi connectivity index (χ0n) is 36.9. The third kappa shape index (κ3) is 13.9. The van der Waals surface area contributed by atoms with Crippen molar-refractivity contribution in [3.8, 4) is 0 Å². The van der Waals surface area contributed by atoms with Crippen molar-refractivity contribution in [3.63, 3.8) is 0 Å². The van der Waals surface area contributed by atoms with E-state index in [9.17, 15) is 19.2 Å². The lowest BCUT2D eigenvalue weighted by atomic mass is 10.0. The van der Waals surface area contributed by atoms with Crippen LogP contribution in [0.5, 0.6) is 0 Å². The molecule has 2 heterocycles. The third-order valence-corrected chi connectivity index (χ3v) is 11.8. The first-order valence-electron chi connectivity index (χ1n) is 20.7. The summed E-state index contributed by atoms with van der Waals surface area (Å²) in [5, 5.41) is 10.4. The van der Waals surface area contributed by atoms with Crippen LogP contribution in [0, 0.1) is 18.8 Å². The molecule has 6 rings (SSSR count). The summed E-state index contributed by atoms with van der Waals surface area (Å²) < 4.78 is 6.45. The van der Waals surface area contributed by atoms with Crippen LogP contribution in [0.2, 0.25) is 10.0 Å². The zero-order chi connectivity index (χ0) is 46.3. The number of fused-ring (bicyclic) bond motifs is 2. The first-order chi connectivity index (χ1) is 30.6. The summed E-state index contributed by atoms with van der Waals surface area (Å²) in [4.78, 5) is 63.4. The second-order valence-electron chi connectivity index (χ2n) is 15.6. The van der Waals surface area contributed by atoms with E-state index in [1.165, 1.54) is 35.2 Å². The van der Waals surface area contributed by atoms with Gasteiger partial charge in [0.15, 0.2) is 10.9 Å². The van der Waals surface area contributed by atoms with E-state index in [1.807, 2.05) is 113 Å². The maximum atomic E-state index is 12.4. The van der Waals surface area contributed by atoms with E-state index in [1.54, 1.807) is 24.4 Å². The van der Waals surface area contributed by atoms with Gasteiger partial charge in [0.1, 0.15) is 6.61 Å². The van der Waals surface area contributed by atoms with Crippen molar-refractivity contribution in [1.29, 1.82) is 0 Å². The molecule has 0 aliphatic carbocycles. The van der Waals surface area contributed by atoms with Crippen molar-refractivity contribution in [2.45, 2.75) is 73.6 Å². The molecule has 4 amide bonds. The molecular formula is C47H54Cl2N8O6S. The van der Waals surface area contributed by atoms with Crippen LogP contribution in [0.4, 0.5) is 15.7 Å². The fourth-order valence-corrected chi connectivity index (χ4v) is 7.90. The van der Waals surface area contributed by atoms with Crippen LogP contribution in [0.3, 0.4) is 0 Å². The SMILES string of the molecule is CC(=O)N(NCc1ccccc1Cl)[C@H](COC(=O)Nc1nc2ccc(C)cc2s1)C(C)C.CC(=O)N(NCc1ccccc1Cl)[C@H](CON(C=O)c1cc2ccccc2cn1)C(C)C. The summed E-state index contributed by atoms with van der Waals surface area (Å²) in [5.41, 5.74) is 9.98. The van der Waals surface area contributed by atoms with Gasteiger partial charge in [-0.25, -0.2) is 25.6 Å². The van der Waals surface area contributed by atoms with Gasteiger partial charge in [-0.1, -0.05) is 129 Å². The number of ether oxygens (including phenoxy) is 1. The molecular weight excluding hydrogens is 876 g/mol. The van der Waals surface area contributed by atoms with Crippen LogP contribution in [0.15, 0.2) is 103 Å². The zero-order valence-corrected chi connectivity index (χ0v) is 39.2. The molecule has 2 aromatic heterocycles. The number of rotatable bonds is 18. The summed E-state index contributed by atoms with van der Waals surface area (Å²) in [7, 11) is 0. The lowest BCUT2D eigenvalue weighted by molar-refractivity contribution is -0.139. The molecule has 0 bridgehead atoms. The highest BCUT2D eigenvalue weighted by Gasteiger charge is 2.28. The number of carbonyl (C=O) groups excluding carboxylic acids is 4. The summed E-state index contributed by atoms with van der Waals surface area (Å²) in [6.07, 6.45) is 1.65. The molecule has 0 radical (unpaired) electrons. The number of hydroxylamine groups is 1. The van der Waals surface area contributed by atoms with E-state index < -0.39 is 6.09 Å². The lowest BCUT2D eigenvalue weighted by Crippen LogP contribution is -2.53. The molecule has 0 aliphatic heterocycles. The van der Waals surface area contributed by atoms with Crippen LogP contribution in [0.1, 0.15) is 58.2 Å². The smallest absolute Gasteiger partial charge is 0.413 e. The number of nitrogens with zero attached hydrogens (tertiary/aromatic N) is 5. The number of carbonyl (C=O) groups is 4. The molecule has 2 atom stereocenters. The number of thiazole rings is 1. The third-order valence-electron chi connectivity index (χ3n) is 10.1. The number of halogens is 2. The molecule has 6 aromatic rings. The van der Waals surface area contributed by atoms with Crippen molar-refractivity contribution in [2.24, 2.45) is 11.8 Å². The van der Waals surface area contributed by atoms with Crippen molar-refractivity contribution in [2.75, 3.05) is 23.6 Å². The highest BCUT2D eigenvalue weighted by atomic mass is 35.5. The average molecular weight is 930 g/mol. The van der Waals surface area contributed by atoms with Crippen LogP contribution < -0.4 is 21.2 Å². The Balaban J connectivity index is 0.000000241. The maximum absolute atomic E-state index is 12.4. The first kappa shape index (κ1) is 49.3. The number of amides is 4. The lowest BCUT2D eigenvalue weighted by Gasteiger charge is -2.34. The van der Waals surface area contributed by atoms with Gasteiger partial charge in [-0.05, 0) is 71.2 Å². The Kier molecular flexibility index (Phi) is 18.4. The molecule has 0 saturated heterocycles. The Labute approximate surface area is 387 Å². The Morgan fingerprint density at radius 1 is 0.750 bits per heavy atom. The van der Waals surface area contributed by atoms with Gasteiger partial charge in [0, 0.05) is 48.6 Å². The number of hydrazine groups is 2. The number of nitrogens with one attached hydrogen (secondary N) is 3. The summed E-state index contributed by atoms with van der Waals surface area (Å²) in [5.74, 6) is 0.119. The van der Waals surface area contributed by atoms with Gasteiger partial charge < -0.3 is 4.74 Å². The van der Waals surface area contributed by atoms with Crippen LogP contribution >= 0.6 is 34.5 Å². The fourth-order valence-electron chi connectivity index (χ4n) is 6.55. The molecule has 338 valence electrons.